The van der Waals surface area contributed by atoms with Gasteiger partial charge in [-0.25, -0.2) is 8.78 Å². The zero-order chi connectivity index (χ0) is 13.8. The standard InChI is InChI=1S/C14H15F2N3/c1-18-14(7-10-8-19-5-4-13(10)17)9-2-3-11(15)12(16)6-9/h2-6,8,14,18H,7H2,1H3,(H2,17,19). The molecule has 3 nitrogen and oxygen atoms in total. The van der Waals surface area contributed by atoms with Crippen LogP contribution in [0.4, 0.5) is 14.5 Å². The molecule has 0 fully saturated rings. The summed E-state index contributed by atoms with van der Waals surface area (Å²) in [7, 11) is 1.76. The van der Waals surface area contributed by atoms with Crippen molar-refractivity contribution in [3.8, 4) is 0 Å². The van der Waals surface area contributed by atoms with Gasteiger partial charge in [-0.2, -0.15) is 0 Å². The van der Waals surface area contributed by atoms with E-state index in [1.165, 1.54) is 6.07 Å². The van der Waals surface area contributed by atoms with Gasteiger partial charge in [-0.15, -0.1) is 0 Å². The van der Waals surface area contributed by atoms with Crippen molar-refractivity contribution in [2.24, 2.45) is 0 Å². The van der Waals surface area contributed by atoms with Crippen molar-refractivity contribution in [1.82, 2.24) is 10.3 Å². The third-order valence-electron chi connectivity index (χ3n) is 3.06. The molecule has 0 spiro atoms. The summed E-state index contributed by atoms with van der Waals surface area (Å²) >= 11 is 0. The van der Waals surface area contributed by atoms with E-state index in [2.05, 4.69) is 10.3 Å². The van der Waals surface area contributed by atoms with Crippen molar-refractivity contribution in [3.63, 3.8) is 0 Å². The van der Waals surface area contributed by atoms with Gasteiger partial charge in [0, 0.05) is 24.1 Å². The van der Waals surface area contributed by atoms with Gasteiger partial charge in [0.1, 0.15) is 0 Å². The van der Waals surface area contributed by atoms with Crippen LogP contribution in [0.1, 0.15) is 17.2 Å². The molecule has 19 heavy (non-hydrogen) atoms. The van der Waals surface area contributed by atoms with Gasteiger partial charge in [0.2, 0.25) is 0 Å². The predicted octanol–water partition coefficient (Wildman–Crippen LogP) is 2.45. The molecular formula is C14H15F2N3. The second kappa shape index (κ2) is 5.75. The Labute approximate surface area is 110 Å². The highest BCUT2D eigenvalue weighted by Crippen LogP contribution is 2.22. The Kier molecular flexibility index (Phi) is 4.06. The maximum Gasteiger partial charge on any atom is 0.159 e. The Morgan fingerprint density at radius 2 is 2.05 bits per heavy atom. The van der Waals surface area contributed by atoms with Crippen molar-refractivity contribution in [2.45, 2.75) is 12.5 Å². The lowest BCUT2D eigenvalue weighted by Gasteiger charge is -2.17. The Morgan fingerprint density at radius 3 is 2.68 bits per heavy atom. The average molecular weight is 263 g/mol. The fourth-order valence-electron chi connectivity index (χ4n) is 1.94. The van der Waals surface area contributed by atoms with Crippen molar-refractivity contribution in [1.29, 1.82) is 0 Å². The van der Waals surface area contributed by atoms with Crippen LogP contribution in [0.2, 0.25) is 0 Å². The van der Waals surface area contributed by atoms with Crippen LogP contribution in [0.25, 0.3) is 0 Å². The average Bonchev–Trinajstić information content (AvgIpc) is 2.41. The fraction of sp³-hybridized carbons (Fsp3) is 0.214. The topological polar surface area (TPSA) is 50.9 Å². The molecule has 0 saturated carbocycles. The molecule has 2 aromatic rings. The van der Waals surface area contributed by atoms with Gasteiger partial charge >= 0.3 is 0 Å². The fourth-order valence-corrected chi connectivity index (χ4v) is 1.94. The predicted molar refractivity (Wildman–Crippen MR) is 70.5 cm³/mol. The number of hydrogen-bond donors (Lipinski definition) is 2. The minimum Gasteiger partial charge on any atom is -0.398 e. The zero-order valence-electron chi connectivity index (χ0n) is 10.5. The molecule has 100 valence electrons. The lowest BCUT2D eigenvalue weighted by atomic mass is 9.99. The molecule has 1 aromatic heterocycles. The highest BCUT2D eigenvalue weighted by molar-refractivity contribution is 5.45. The maximum absolute atomic E-state index is 13.3. The number of anilines is 1. The van der Waals surface area contributed by atoms with E-state index < -0.39 is 11.6 Å². The van der Waals surface area contributed by atoms with E-state index in [-0.39, 0.29) is 6.04 Å². The van der Waals surface area contributed by atoms with Crippen LogP contribution in [-0.2, 0) is 6.42 Å². The van der Waals surface area contributed by atoms with Crippen molar-refractivity contribution in [2.75, 3.05) is 12.8 Å². The van der Waals surface area contributed by atoms with Gasteiger partial charge in [-0.3, -0.25) is 4.98 Å². The highest BCUT2D eigenvalue weighted by Gasteiger charge is 2.14. The van der Waals surface area contributed by atoms with Gasteiger partial charge < -0.3 is 11.1 Å². The zero-order valence-corrected chi connectivity index (χ0v) is 10.5. The Balaban J connectivity index is 2.25. The first kappa shape index (κ1) is 13.4. The van der Waals surface area contributed by atoms with E-state index in [0.29, 0.717) is 17.7 Å². The van der Waals surface area contributed by atoms with E-state index >= 15 is 0 Å². The third-order valence-corrected chi connectivity index (χ3v) is 3.06. The summed E-state index contributed by atoms with van der Waals surface area (Å²) in [6.45, 7) is 0. The first-order chi connectivity index (χ1) is 9.11. The molecule has 0 bridgehead atoms. The molecular weight excluding hydrogens is 248 g/mol. The van der Waals surface area contributed by atoms with Gasteiger partial charge in [0.15, 0.2) is 11.6 Å². The number of rotatable bonds is 4. The lowest BCUT2D eigenvalue weighted by molar-refractivity contribution is 0.501. The smallest absolute Gasteiger partial charge is 0.159 e. The van der Waals surface area contributed by atoms with Crippen LogP contribution in [-0.4, -0.2) is 12.0 Å². The largest absolute Gasteiger partial charge is 0.398 e. The van der Waals surface area contributed by atoms with Crippen LogP contribution in [0.5, 0.6) is 0 Å². The number of nitrogens with two attached hydrogens (primary N) is 1. The van der Waals surface area contributed by atoms with E-state index in [4.69, 9.17) is 5.73 Å². The van der Waals surface area contributed by atoms with E-state index in [1.54, 1.807) is 31.6 Å². The van der Waals surface area contributed by atoms with Gasteiger partial charge in [0.05, 0.1) is 0 Å². The lowest BCUT2D eigenvalue weighted by Crippen LogP contribution is -2.19. The number of halogens is 2. The molecule has 0 aliphatic heterocycles. The third kappa shape index (κ3) is 3.06. The molecule has 0 radical (unpaired) electrons. The summed E-state index contributed by atoms with van der Waals surface area (Å²) in [5.74, 6) is -1.70. The summed E-state index contributed by atoms with van der Waals surface area (Å²) in [6.07, 6.45) is 3.85. The van der Waals surface area contributed by atoms with E-state index in [1.807, 2.05) is 0 Å². The molecule has 1 heterocycles. The second-order valence-corrected chi connectivity index (χ2v) is 4.29. The summed E-state index contributed by atoms with van der Waals surface area (Å²) in [4.78, 5) is 4.02. The first-order valence-corrected chi connectivity index (χ1v) is 5.92. The summed E-state index contributed by atoms with van der Waals surface area (Å²) in [6, 6.07) is 5.45. The second-order valence-electron chi connectivity index (χ2n) is 4.29. The quantitative estimate of drug-likeness (QED) is 0.890. The normalized spacial score (nSPS) is 12.4. The molecule has 5 heteroatoms. The van der Waals surface area contributed by atoms with Gasteiger partial charge in [0.25, 0.3) is 0 Å². The number of likely N-dealkylation sites (N-methyl/N-ethyl adjacent to an activating group) is 1. The number of nitrogens with zero attached hydrogens (tertiary/aromatic N) is 1. The van der Waals surface area contributed by atoms with Crippen molar-refractivity contribution < 1.29 is 8.78 Å². The van der Waals surface area contributed by atoms with E-state index in [0.717, 1.165) is 11.6 Å². The number of benzene rings is 1. The van der Waals surface area contributed by atoms with Crippen LogP contribution < -0.4 is 11.1 Å². The summed E-state index contributed by atoms with van der Waals surface area (Å²) in [5.41, 5.74) is 8.03. The Morgan fingerprint density at radius 1 is 1.26 bits per heavy atom. The monoisotopic (exact) mass is 263 g/mol. The summed E-state index contributed by atoms with van der Waals surface area (Å²) < 4.78 is 26.2. The Hall–Kier alpha value is -2.01. The number of nitrogen functional groups attached to an aromatic ring is 1. The Bertz CT molecular complexity index is 572. The van der Waals surface area contributed by atoms with Crippen LogP contribution >= 0.6 is 0 Å². The molecule has 2 rings (SSSR count). The van der Waals surface area contributed by atoms with Crippen molar-refractivity contribution >= 4 is 5.69 Å². The minimum absolute atomic E-state index is 0.151. The van der Waals surface area contributed by atoms with E-state index in [9.17, 15) is 8.78 Å². The molecule has 1 aromatic carbocycles. The van der Waals surface area contributed by atoms with Crippen LogP contribution in [0.15, 0.2) is 36.7 Å². The highest BCUT2D eigenvalue weighted by atomic mass is 19.2. The summed E-state index contributed by atoms with van der Waals surface area (Å²) in [5, 5.41) is 3.07. The molecule has 0 saturated heterocycles. The number of nitrogens with one attached hydrogen (secondary N) is 1. The number of hydrogen-bond acceptors (Lipinski definition) is 3. The van der Waals surface area contributed by atoms with Gasteiger partial charge in [-0.1, -0.05) is 6.07 Å². The molecule has 1 unspecified atom stereocenters. The molecule has 0 aliphatic rings. The van der Waals surface area contributed by atoms with Crippen molar-refractivity contribution in [3.05, 3.63) is 59.4 Å². The number of aromatic nitrogens is 1. The number of pyridine rings is 1. The molecule has 0 amide bonds. The van der Waals surface area contributed by atoms with Gasteiger partial charge in [-0.05, 0) is 42.8 Å². The molecule has 3 N–H and O–H groups in total. The molecule has 0 aliphatic carbocycles. The van der Waals surface area contributed by atoms with Crippen LogP contribution in [0, 0.1) is 11.6 Å². The minimum atomic E-state index is -0.850. The SMILES string of the molecule is CNC(Cc1cnccc1N)c1ccc(F)c(F)c1. The molecule has 1 atom stereocenters. The van der Waals surface area contributed by atoms with Crippen LogP contribution in [0.3, 0.4) is 0 Å². The maximum atomic E-state index is 13.3. The first-order valence-electron chi connectivity index (χ1n) is 5.92.